The van der Waals surface area contributed by atoms with Crippen molar-refractivity contribution < 1.29 is 22.7 Å². The van der Waals surface area contributed by atoms with E-state index in [1.807, 2.05) is 0 Å². The SMILES string of the molecule is Cc1ccc(Nc2cncnc2)c(OC(=O)Nc2nc(C(F)(F)F)cs2)n1. The van der Waals surface area contributed by atoms with Gasteiger partial charge in [0, 0.05) is 11.1 Å². The van der Waals surface area contributed by atoms with E-state index in [1.165, 1.54) is 18.7 Å². The van der Waals surface area contributed by atoms with E-state index in [2.05, 4.69) is 30.6 Å². The molecule has 27 heavy (non-hydrogen) atoms. The van der Waals surface area contributed by atoms with Gasteiger partial charge in [0.25, 0.3) is 0 Å². The second kappa shape index (κ2) is 7.53. The number of hydrogen-bond acceptors (Lipinski definition) is 8. The third-order valence-corrected chi connectivity index (χ3v) is 3.79. The van der Waals surface area contributed by atoms with E-state index in [9.17, 15) is 18.0 Å². The van der Waals surface area contributed by atoms with Crippen molar-refractivity contribution in [3.8, 4) is 5.88 Å². The van der Waals surface area contributed by atoms with Crippen LogP contribution in [0.15, 0.2) is 36.2 Å². The van der Waals surface area contributed by atoms with Crippen LogP contribution >= 0.6 is 11.3 Å². The van der Waals surface area contributed by atoms with E-state index in [-0.39, 0.29) is 11.0 Å². The molecule has 0 aliphatic carbocycles. The summed E-state index contributed by atoms with van der Waals surface area (Å²) < 4.78 is 42.8. The predicted molar refractivity (Wildman–Crippen MR) is 91.1 cm³/mol. The van der Waals surface area contributed by atoms with Crippen LogP contribution in [0.2, 0.25) is 0 Å². The number of carbonyl (C=O) groups excluding carboxylic acids is 1. The number of alkyl halides is 3. The van der Waals surface area contributed by atoms with Gasteiger partial charge in [0.1, 0.15) is 12.0 Å². The average Bonchev–Trinajstić information content (AvgIpc) is 3.07. The highest BCUT2D eigenvalue weighted by molar-refractivity contribution is 7.13. The van der Waals surface area contributed by atoms with Gasteiger partial charge < -0.3 is 10.1 Å². The van der Waals surface area contributed by atoms with Crippen molar-refractivity contribution in [2.24, 2.45) is 0 Å². The second-order valence-electron chi connectivity index (χ2n) is 5.11. The zero-order valence-electron chi connectivity index (χ0n) is 13.6. The van der Waals surface area contributed by atoms with Crippen molar-refractivity contribution >= 4 is 33.9 Å². The lowest BCUT2D eigenvalue weighted by Gasteiger charge is -2.11. The number of hydrogen-bond donors (Lipinski definition) is 2. The predicted octanol–water partition coefficient (Wildman–Crippen LogP) is 4.01. The molecule has 0 atom stereocenters. The highest BCUT2D eigenvalue weighted by atomic mass is 32.1. The lowest BCUT2D eigenvalue weighted by Crippen LogP contribution is -2.18. The molecule has 0 aliphatic heterocycles. The Hall–Kier alpha value is -3.28. The monoisotopic (exact) mass is 396 g/mol. The Morgan fingerprint density at radius 2 is 1.93 bits per heavy atom. The standard InChI is InChI=1S/C15H11F3N6O2S/c1-8-2-3-10(22-9-4-19-7-20-5-9)12(21-8)26-14(25)24-13-23-11(6-27-13)15(16,17)18/h2-7,22H,1H3,(H,23,24,25). The molecular formula is C15H11F3N6O2S. The van der Waals surface area contributed by atoms with E-state index in [1.54, 1.807) is 19.1 Å². The number of rotatable bonds is 4. The number of thiazole rings is 1. The topological polar surface area (TPSA) is 102 Å². The van der Waals surface area contributed by atoms with E-state index < -0.39 is 18.0 Å². The van der Waals surface area contributed by atoms with Crippen molar-refractivity contribution in [3.05, 3.63) is 47.6 Å². The van der Waals surface area contributed by atoms with Crippen molar-refractivity contribution in [3.63, 3.8) is 0 Å². The Morgan fingerprint density at radius 3 is 2.59 bits per heavy atom. The van der Waals surface area contributed by atoms with Gasteiger partial charge in [0.2, 0.25) is 5.88 Å². The van der Waals surface area contributed by atoms with E-state index in [0.717, 1.165) is 5.38 Å². The molecule has 1 amide bonds. The summed E-state index contributed by atoms with van der Waals surface area (Å²) in [6.45, 7) is 1.69. The third kappa shape index (κ3) is 4.88. The first-order valence-corrected chi connectivity index (χ1v) is 8.20. The van der Waals surface area contributed by atoms with Crippen LogP contribution in [0, 0.1) is 6.92 Å². The number of anilines is 3. The number of halogens is 3. The normalized spacial score (nSPS) is 11.1. The fraction of sp³-hybridized carbons (Fsp3) is 0.133. The highest BCUT2D eigenvalue weighted by Crippen LogP contribution is 2.32. The first-order valence-electron chi connectivity index (χ1n) is 7.32. The number of nitrogens with zero attached hydrogens (tertiary/aromatic N) is 4. The van der Waals surface area contributed by atoms with Crippen molar-refractivity contribution in [2.75, 3.05) is 10.6 Å². The number of carbonyl (C=O) groups is 1. The minimum atomic E-state index is -4.59. The number of aromatic nitrogens is 4. The second-order valence-corrected chi connectivity index (χ2v) is 5.97. The molecule has 2 N–H and O–H groups in total. The molecule has 3 rings (SSSR count). The maximum Gasteiger partial charge on any atom is 0.434 e. The molecule has 0 bridgehead atoms. The molecule has 3 aromatic heterocycles. The average molecular weight is 396 g/mol. The first kappa shape index (κ1) is 18.5. The summed E-state index contributed by atoms with van der Waals surface area (Å²) in [5, 5.41) is 5.64. The van der Waals surface area contributed by atoms with Crippen LogP contribution in [0.1, 0.15) is 11.4 Å². The molecule has 0 unspecified atom stereocenters. The van der Waals surface area contributed by atoms with Gasteiger partial charge in [-0.1, -0.05) is 0 Å². The summed E-state index contributed by atoms with van der Waals surface area (Å²) in [6.07, 6.45) is -1.25. The van der Waals surface area contributed by atoms with Crippen LogP contribution in [0.5, 0.6) is 5.88 Å². The molecule has 3 heterocycles. The Morgan fingerprint density at radius 1 is 1.19 bits per heavy atom. The summed E-state index contributed by atoms with van der Waals surface area (Å²) in [5.41, 5.74) is 0.355. The van der Waals surface area contributed by atoms with Crippen molar-refractivity contribution in [1.29, 1.82) is 0 Å². The summed E-state index contributed by atoms with van der Waals surface area (Å²) in [5.74, 6) is -0.0658. The highest BCUT2D eigenvalue weighted by Gasteiger charge is 2.34. The number of aryl methyl sites for hydroxylation is 1. The summed E-state index contributed by atoms with van der Waals surface area (Å²) >= 11 is 0.630. The third-order valence-electron chi connectivity index (χ3n) is 3.03. The molecule has 0 spiro atoms. The molecule has 0 saturated heterocycles. The van der Waals surface area contributed by atoms with Crippen LogP contribution in [0.3, 0.4) is 0 Å². The molecule has 140 valence electrons. The molecule has 0 saturated carbocycles. The van der Waals surface area contributed by atoms with Gasteiger partial charge in [-0.05, 0) is 19.1 Å². The lowest BCUT2D eigenvalue weighted by atomic mass is 10.3. The van der Waals surface area contributed by atoms with Crippen LogP contribution in [-0.2, 0) is 6.18 Å². The van der Waals surface area contributed by atoms with Gasteiger partial charge in [-0.25, -0.2) is 24.7 Å². The van der Waals surface area contributed by atoms with Crippen molar-refractivity contribution in [1.82, 2.24) is 19.9 Å². The molecular weight excluding hydrogens is 385 g/mol. The van der Waals surface area contributed by atoms with Gasteiger partial charge in [-0.15, -0.1) is 11.3 Å². The molecule has 3 aromatic rings. The molecule has 0 aromatic carbocycles. The smallest absolute Gasteiger partial charge is 0.389 e. The number of pyridine rings is 1. The van der Waals surface area contributed by atoms with Crippen LogP contribution in [0.4, 0.5) is 34.5 Å². The summed E-state index contributed by atoms with van der Waals surface area (Å²) in [7, 11) is 0. The maximum atomic E-state index is 12.6. The maximum absolute atomic E-state index is 12.6. The number of nitrogens with one attached hydrogen (secondary N) is 2. The van der Waals surface area contributed by atoms with Crippen LogP contribution < -0.4 is 15.4 Å². The largest absolute Gasteiger partial charge is 0.434 e. The molecule has 12 heteroatoms. The Kier molecular flexibility index (Phi) is 5.16. The van der Waals surface area contributed by atoms with E-state index >= 15 is 0 Å². The quantitative estimate of drug-likeness (QED) is 0.687. The fourth-order valence-corrected chi connectivity index (χ4v) is 2.59. The molecule has 0 aliphatic rings. The van der Waals surface area contributed by atoms with Crippen molar-refractivity contribution in [2.45, 2.75) is 13.1 Å². The minimum Gasteiger partial charge on any atom is -0.389 e. The minimum absolute atomic E-state index is 0.0658. The number of amides is 1. The lowest BCUT2D eigenvalue weighted by molar-refractivity contribution is -0.140. The molecule has 8 nitrogen and oxygen atoms in total. The zero-order chi connectivity index (χ0) is 19.4. The number of ether oxygens (including phenoxy) is 1. The van der Waals surface area contributed by atoms with Gasteiger partial charge in [-0.3, -0.25) is 5.32 Å². The van der Waals surface area contributed by atoms with Crippen LogP contribution in [-0.4, -0.2) is 26.0 Å². The Labute approximate surface area is 154 Å². The Balaban J connectivity index is 1.73. The van der Waals surface area contributed by atoms with E-state index in [0.29, 0.717) is 28.4 Å². The first-order chi connectivity index (χ1) is 12.8. The van der Waals surface area contributed by atoms with Gasteiger partial charge in [0.05, 0.1) is 18.1 Å². The van der Waals surface area contributed by atoms with E-state index in [4.69, 9.17) is 4.74 Å². The molecule has 0 fully saturated rings. The fourth-order valence-electron chi connectivity index (χ4n) is 1.89. The van der Waals surface area contributed by atoms with Crippen LogP contribution in [0.25, 0.3) is 0 Å². The Bertz CT molecular complexity index is 948. The van der Waals surface area contributed by atoms with Gasteiger partial charge in [-0.2, -0.15) is 13.2 Å². The summed E-state index contributed by atoms with van der Waals surface area (Å²) in [6, 6.07) is 3.32. The zero-order valence-corrected chi connectivity index (χ0v) is 14.4. The molecule has 0 radical (unpaired) electrons. The van der Waals surface area contributed by atoms with Gasteiger partial charge >= 0.3 is 12.3 Å². The summed E-state index contributed by atoms with van der Waals surface area (Å²) in [4.78, 5) is 27.1. The van der Waals surface area contributed by atoms with Gasteiger partial charge in [0.15, 0.2) is 10.8 Å².